The molecule has 7 atom stereocenters. The van der Waals surface area contributed by atoms with E-state index in [9.17, 15) is 9.59 Å². The van der Waals surface area contributed by atoms with E-state index in [1.807, 2.05) is 11.9 Å². The molecule has 0 spiro atoms. The third kappa shape index (κ3) is 2.18. The average Bonchev–Trinajstić information content (AvgIpc) is 2.95. The SMILES string of the molecule is COC(=O)[C@H]1CC[C@H]2[C@@H]3CC[C@H]4N(C)C(=O)C=C[C@]4(C)[C@H]3CC[C@]12C. The van der Waals surface area contributed by atoms with E-state index in [0.29, 0.717) is 23.8 Å². The van der Waals surface area contributed by atoms with Gasteiger partial charge in [0.15, 0.2) is 0 Å². The number of likely N-dealkylation sites (N-methyl/N-ethyl adjacent to an activating group) is 1. The van der Waals surface area contributed by atoms with E-state index in [0.717, 1.165) is 32.1 Å². The monoisotopic (exact) mass is 345 g/mol. The molecule has 25 heavy (non-hydrogen) atoms. The highest BCUT2D eigenvalue weighted by Crippen LogP contribution is 2.65. The molecule has 4 nitrogen and oxygen atoms in total. The van der Waals surface area contributed by atoms with Crippen molar-refractivity contribution in [3.05, 3.63) is 12.2 Å². The Morgan fingerprint density at radius 1 is 1.16 bits per heavy atom. The molecule has 138 valence electrons. The van der Waals surface area contributed by atoms with Gasteiger partial charge < -0.3 is 9.64 Å². The summed E-state index contributed by atoms with van der Waals surface area (Å²) in [4.78, 5) is 26.4. The Labute approximate surface area is 151 Å². The first-order chi connectivity index (χ1) is 11.8. The minimum atomic E-state index is -0.00811. The normalized spacial score (nSPS) is 48.6. The smallest absolute Gasteiger partial charge is 0.309 e. The molecule has 0 unspecified atom stereocenters. The second kappa shape index (κ2) is 5.59. The molecule has 3 fully saturated rings. The van der Waals surface area contributed by atoms with Crippen molar-refractivity contribution in [2.75, 3.05) is 14.2 Å². The lowest BCUT2D eigenvalue weighted by molar-refractivity contribution is -0.155. The quantitative estimate of drug-likeness (QED) is 0.684. The molecule has 0 bridgehead atoms. The second-order valence-electron chi connectivity index (χ2n) is 9.32. The lowest BCUT2D eigenvalue weighted by atomic mass is 9.47. The van der Waals surface area contributed by atoms with E-state index in [1.165, 1.54) is 13.5 Å². The van der Waals surface area contributed by atoms with Crippen LogP contribution in [-0.4, -0.2) is 37.0 Å². The maximum absolute atomic E-state index is 12.3. The van der Waals surface area contributed by atoms with Crippen LogP contribution in [0.5, 0.6) is 0 Å². The summed E-state index contributed by atoms with van der Waals surface area (Å²) in [5.41, 5.74) is 0.174. The zero-order chi connectivity index (χ0) is 18.0. The van der Waals surface area contributed by atoms with Gasteiger partial charge in [-0.2, -0.15) is 0 Å². The Morgan fingerprint density at radius 3 is 2.64 bits per heavy atom. The maximum Gasteiger partial charge on any atom is 0.309 e. The standard InChI is InChI=1S/C21H31NO3/c1-20-11-9-15-13(14(20)6-7-16(20)19(24)25-4)5-8-17-21(15,2)12-10-18(23)22(17)3/h10,12-17H,5-9,11H2,1-4H3/t13-,14-,15-,16+,17+,20-,21+/m0/s1. The van der Waals surface area contributed by atoms with Crippen LogP contribution in [0.25, 0.3) is 0 Å². The van der Waals surface area contributed by atoms with Crippen molar-refractivity contribution in [1.29, 1.82) is 0 Å². The van der Waals surface area contributed by atoms with Gasteiger partial charge >= 0.3 is 5.97 Å². The van der Waals surface area contributed by atoms with Gasteiger partial charge in [-0.05, 0) is 67.8 Å². The molecular weight excluding hydrogens is 314 g/mol. The molecule has 0 aromatic heterocycles. The van der Waals surface area contributed by atoms with E-state index < -0.39 is 0 Å². The Bertz CT molecular complexity index is 629. The van der Waals surface area contributed by atoms with Crippen LogP contribution in [0.4, 0.5) is 0 Å². The predicted molar refractivity (Wildman–Crippen MR) is 95.6 cm³/mol. The van der Waals surface area contributed by atoms with Gasteiger partial charge in [-0.15, -0.1) is 0 Å². The van der Waals surface area contributed by atoms with E-state index in [1.54, 1.807) is 6.08 Å². The first-order valence-electron chi connectivity index (χ1n) is 9.87. The third-order valence-corrected chi connectivity index (χ3v) is 8.61. The van der Waals surface area contributed by atoms with E-state index in [2.05, 4.69) is 19.9 Å². The van der Waals surface area contributed by atoms with E-state index >= 15 is 0 Å². The van der Waals surface area contributed by atoms with Gasteiger partial charge in [-0.1, -0.05) is 19.9 Å². The second-order valence-corrected chi connectivity index (χ2v) is 9.32. The van der Waals surface area contributed by atoms with Crippen LogP contribution in [0.15, 0.2) is 12.2 Å². The number of carbonyl (C=O) groups excluding carboxylic acids is 2. The average molecular weight is 345 g/mol. The number of methoxy groups -OCH3 is 1. The molecule has 0 N–H and O–H groups in total. The fourth-order valence-corrected chi connectivity index (χ4v) is 7.27. The van der Waals surface area contributed by atoms with Crippen LogP contribution in [0.3, 0.4) is 0 Å². The maximum atomic E-state index is 12.3. The number of hydrogen-bond donors (Lipinski definition) is 0. The minimum Gasteiger partial charge on any atom is -0.469 e. The molecule has 1 aliphatic heterocycles. The summed E-state index contributed by atoms with van der Waals surface area (Å²) in [6, 6.07) is 0.327. The molecular formula is C21H31NO3. The van der Waals surface area contributed by atoms with Gasteiger partial charge in [0.05, 0.1) is 13.0 Å². The Morgan fingerprint density at radius 2 is 1.92 bits per heavy atom. The number of carbonyl (C=O) groups is 2. The lowest BCUT2D eigenvalue weighted by Crippen LogP contribution is -2.59. The summed E-state index contributed by atoms with van der Waals surface area (Å²) in [7, 11) is 3.49. The fourth-order valence-electron chi connectivity index (χ4n) is 7.27. The molecule has 0 saturated heterocycles. The number of ether oxygens (including phenoxy) is 1. The van der Waals surface area contributed by atoms with Gasteiger partial charge in [-0.3, -0.25) is 9.59 Å². The molecule has 0 aromatic carbocycles. The Kier molecular flexibility index (Phi) is 3.82. The third-order valence-electron chi connectivity index (χ3n) is 8.61. The zero-order valence-electron chi connectivity index (χ0n) is 16.0. The zero-order valence-corrected chi connectivity index (χ0v) is 16.0. The first kappa shape index (κ1) is 17.1. The number of amides is 1. The Hall–Kier alpha value is -1.32. The summed E-state index contributed by atoms with van der Waals surface area (Å²) in [5, 5.41) is 0. The highest BCUT2D eigenvalue weighted by Gasteiger charge is 2.61. The van der Waals surface area contributed by atoms with Crippen molar-refractivity contribution in [3.63, 3.8) is 0 Å². The number of rotatable bonds is 1. The van der Waals surface area contributed by atoms with Crippen LogP contribution in [0.2, 0.25) is 0 Å². The molecule has 3 saturated carbocycles. The summed E-state index contributed by atoms with van der Waals surface area (Å²) < 4.78 is 5.12. The van der Waals surface area contributed by atoms with Gasteiger partial charge in [0, 0.05) is 18.5 Å². The van der Waals surface area contributed by atoms with Gasteiger partial charge in [0.1, 0.15) is 0 Å². The van der Waals surface area contributed by atoms with Crippen LogP contribution in [-0.2, 0) is 14.3 Å². The highest BCUT2D eigenvalue weighted by atomic mass is 16.5. The number of hydrogen-bond acceptors (Lipinski definition) is 3. The molecule has 0 aromatic rings. The minimum absolute atomic E-state index is 0.00811. The summed E-state index contributed by atoms with van der Waals surface area (Å²) in [6.45, 7) is 4.70. The Balaban J connectivity index is 1.65. The first-order valence-corrected chi connectivity index (χ1v) is 9.87. The van der Waals surface area contributed by atoms with Crippen LogP contribution >= 0.6 is 0 Å². The molecule has 1 amide bonds. The molecule has 0 radical (unpaired) electrons. The van der Waals surface area contributed by atoms with Crippen molar-refractivity contribution < 1.29 is 14.3 Å². The van der Waals surface area contributed by atoms with E-state index in [-0.39, 0.29) is 28.6 Å². The number of esters is 1. The largest absolute Gasteiger partial charge is 0.469 e. The topological polar surface area (TPSA) is 46.6 Å². The highest BCUT2D eigenvalue weighted by molar-refractivity contribution is 5.89. The van der Waals surface area contributed by atoms with Crippen molar-refractivity contribution in [3.8, 4) is 0 Å². The molecule has 4 heteroatoms. The fraction of sp³-hybridized carbons (Fsp3) is 0.810. The number of nitrogens with zero attached hydrogens (tertiary/aromatic N) is 1. The van der Waals surface area contributed by atoms with Crippen LogP contribution < -0.4 is 0 Å². The number of fused-ring (bicyclic) bond motifs is 5. The van der Waals surface area contributed by atoms with Gasteiger partial charge in [0.25, 0.3) is 0 Å². The van der Waals surface area contributed by atoms with Crippen molar-refractivity contribution in [2.24, 2.45) is 34.5 Å². The summed E-state index contributed by atoms with van der Waals surface area (Å²) in [5.74, 6) is 2.11. The molecule has 4 rings (SSSR count). The van der Waals surface area contributed by atoms with Crippen molar-refractivity contribution >= 4 is 11.9 Å². The van der Waals surface area contributed by atoms with Crippen molar-refractivity contribution in [2.45, 2.75) is 58.4 Å². The summed E-state index contributed by atoms with van der Waals surface area (Å²) >= 11 is 0. The summed E-state index contributed by atoms with van der Waals surface area (Å²) in [6.07, 6.45) is 10.7. The van der Waals surface area contributed by atoms with Crippen LogP contribution in [0, 0.1) is 34.5 Å². The van der Waals surface area contributed by atoms with Crippen molar-refractivity contribution in [1.82, 2.24) is 4.90 Å². The molecule has 3 aliphatic carbocycles. The molecule has 4 aliphatic rings. The van der Waals surface area contributed by atoms with Crippen LogP contribution in [0.1, 0.15) is 52.4 Å². The molecule has 1 heterocycles. The van der Waals surface area contributed by atoms with Gasteiger partial charge in [-0.25, -0.2) is 0 Å². The predicted octanol–water partition coefficient (Wildman–Crippen LogP) is 3.42. The lowest BCUT2D eigenvalue weighted by Gasteiger charge is -2.60. The van der Waals surface area contributed by atoms with E-state index in [4.69, 9.17) is 4.74 Å². The van der Waals surface area contributed by atoms with Gasteiger partial charge in [0.2, 0.25) is 5.91 Å².